The molecular formula is C11H10ClF3OS. The number of ketones is 1. The third-order valence-corrected chi connectivity index (χ3v) is 2.96. The fraction of sp³-hybridized carbons (Fsp3) is 0.364. The number of Topliss-reactive ketones (excluding diaryl/α,β-unsaturated/α-hetero) is 1. The predicted octanol–water partition coefficient (Wildman–Crippen LogP) is 4.42. The predicted molar refractivity (Wildman–Crippen MR) is 62.8 cm³/mol. The van der Waals surface area contributed by atoms with Gasteiger partial charge in [-0.25, -0.2) is 0 Å². The van der Waals surface area contributed by atoms with Crippen molar-refractivity contribution in [3.63, 3.8) is 0 Å². The van der Waals surface area contributed by atoms with Crippen LogP contribution in [0.5, 0.6) is 0 Å². The van der Waals surface area contributed by atoms with Crippen molar-refractivity contribution in [1.82, 2.24) is 0 Å². The summed E-state index contributed by atoms with van der Waals surface area (Å²) in [4.78, 5) is 11.5. The molecule has 0 bridgehead atoms. The van der Waals surface area contributed by atoms with Crippen LogP contribution in [0.2, 0.25) is 0 Å². The van der Waals surface area contributed by atoms with Gasteiger partial charge >= 0.3 is 5.51 Å². The number of aryl methyl sites for hydroxylation is 1. The maximum absolute atomic E-state index is 12.3. The SMILES string of the molecule is Cc1ccc(C(=O)CCCl)c(SC(F)(F)F)c1. The topological polar surface area (TPSA) is 17.1 Å². The molecule has 1 aromatic carbocycles. The van der Waals surface area contributed by atoms with Gasteiger partial charge in [-0.05, 0) is 30.3 Å². The molecule has 0 atom stereocenters. The molecule has 0 aliphatic carbocycles. The van der Waals surface area contributed by atoms with E-state index in [9.17, 15) is 18.0 Å². The summed E-state index contributed by atoms with van der Waals surface area (Å²) < 4.78 is 37.0. The number of carbonyl (C=O) groups excluding carboxylic acids is 1. The Hall–Kier alpha value is -0.680. The lowest BCUT2D eigenvalue weighted by Gasteiger charge is -2.10. The van der Waals surface area contributed by atoms with Gasteiger partial charge in [-0.2, -0.15) is 13.2 Å². The van der Waals surface area contributed by atoms with Gasteiger partial charge in [-0.15, -0.1) is 11.6 Å². The normalized spacial score (nSPS) is 11.6. The van der Waals surface area contributed by atoms with Crippen LogP contribution < -0.4 is 0 Å². The van der Waals surface area contributed by atoms with Crippen molar-refractivity contribution in [1.29, 1.82) is 0 Å². The highest BCUT2D eigenvalue weighted by Gasteiger charge is 2.31. The van der Waals surface area contributed by atoms with Crippen LogP contribution in [0.25, 0.3) is 0 Å². The molecule has 0 radical (unpaired) electrons. The van der Waals surface area contributed by atoms with E-state index in [4.69, 9.17) is 11.6 Å². The summed E-state index contributed by atoms with van der Waals surface area (Å²) in [5.41, 5.74) is -3.64. The molecule has 0 amide bonds. The molecule has 1 aromatic rings. The zero-order valence-electron chi connectivity index (χ0n) is 8.97. The molecule has 6 heteroatoms. The van der Waals surface area contributed by atoms with E-state index in [2.05, 4.69) is 0 Å². The molecule has 1 nitrogen and oxygen atoms in total. The number of hydrogen-bond donors (Lipinski definition) is 0. The lowest BCUT2D eigenvalue weighted by molar-refractivity contribution is -0.0328. The fourth-order valence-electron chi connectivity index (χ4n) is 1.29. The van der Waals surface area contributed by atoms with Crippen LogP contribution >= 0.6 is 23.4 Å². The maximum atomic E-state index is 12.3. The standard InChI is InChI=1S/C11H10ClF3OS/c1-7-2-3-8(9(16)4-5-12)10(6-7)17-11(13,14)15/h2-3,6H,4-5H2,1H3. The monoisotopic (exact) mass is 282 g/mol. The summed E-state index contributed by atoms with van der Waals surface area (Å²) in [6.45, 7) is 1.68. The average Bonchev–Trinajstić information content (AvgIpc) is 2.15. The third-order valence-electron chi connectivity index (χ3n) is 1.98. The molecule has 0 aliphatic rings. The molecule has 0 fully saturated rings. The number of benzene rings is 1. The second-order valence-corrected chi connectivity index (χ2v) is 4.89. The Balaban J connectivity index is 3.08. The van der Waals surface area contributed by atoms with Crippen LogP contribution in [-0.4, -0.2) is 17.2 Å². The van der Waals surface area contributed by atoms with Crippen LogP contribution in [0, 0.1) is 6.92 Å². The van der Waals surface area contributed by atoms with Gasteiger partial charge in [-0.1, -0.05) is 12.1 Å². The number of rotatable bonds is 4. The Bertz CT molecular complexity index is 418. The minimum Gasteiger partial charge on any atom is -0.294 e. The second-order valence-electron chi connectivity index (χ2n) is 3.41. The molecule has 1 rings (SSSR count). The van der Waals surface area contributed by atoms with Crippen molar-refractivity contribution < 1.29 is 18.0 Å². The largest absolute Gasteiger partial charge is 0.446 e. The zero-order valence-corrected chi connectivity index (χ0v) is 10.5. The molecule has 94 valence electrons. The lowest BCUT2D eigenvalue weighted by atomic mass is 10.1. The average molecular weight is 283 g/mol. The van der Waals surface area contributed by atoms with Gasteiger partial charge in [-0.3, -0.25) is 4.79 Å². The van der Waals surface area contributed by atoms with Crippen LogP contribution in [0.3, 0.4) is 0 Å². The Kier molecular flexibility index (Phi) is 4.89. The van der Waals surface area contributed by atoms with Crippen molar-refractivity contribution >= 4 is 29.1 Å². The van der Waals surface area contributed by atoms with E-state index < -0.39 is 5.51 Å². The summed E-state index contributed by atoms with van der Waals surface area (Å²) in [7, 11) is 0. The van der Waals surface area contributed by atoms with Crippen LogP contribution in [0.4, 0.5) is 13.2 Å². The lowest BCUT2D eigenvalue weighted by Crippen LogP contribution is -2.06. The number of carbonyl (C=O) groups is 1. The zero-order chi connectivity index (χ0) is 13.1. The second kappa shape index (κ2) is 5.78. The third kappa shape index (κ3) is 4.60. The highest BCUT2D eigenvalue weighted by molar-refractivity contribution is 8.00. The van der Waals surface area contributed by atoms with E-state index >= 15 is 0 Å². The van der Waals surface area contributed by atoms with Crippen molar-refractivity contribution in [2.75, 3.05) is 5.88 Å². The Labute approximate surface area is 106 Å². The number of halogens is 4. The molecule has 0 heterocycles. The summed E-state index contributed by atoms with van der Waals surface area (Å²) in [5, 5.41) is 0. The van der Waals surface area contributed by atoms with Crippen LogP contribution in [-0.2, 0) is 0 Å². The summed E-state index contributed by atoms with van der Waals surface area (Å²) >= 11 is 5.14. The summed E-state index contributed by atoms with van der Waals surface area (Å²) in [6, 6.07) is 4.39. The Morgan fingerprint density at radius 2 is 2.06 bits per heavy atom. The highest BCUT2D eigenvalue weighted by Crippen LogP contribution is 2.39. The molecule has 0 aliphatic heterocycles. The van der Waals surface area contributed by atoms with Crippen molar-refractivity contribution in [2.24, 2.45) is 0 Å². The fourth-order valence-corrected chi connectivity index (χ4v) is 2.25. The first kappa shape index (κ1) is 14.4. The van der Waals surface area contributed by atoms with Crippen molar-refractivity contribution in [2.45, 2.75) is 23.7 Å². The summed E-state index contributed by atoms with van der Waals surface area (Å²) in [6.07, 6.45) is 0.0377. The Morgan fingerprint density at radius 3 is 2.59 bits per heavy atom. The van der Waals surface area contributed by atoms with Crippen molar-refractivity contribution in [3.8, 4) is 0 Å². The minimum absolute atomic E-state index is 0.0377. The van der Waals surface area contributed by atoms with Gasteiger partial charge < -0.3 is 0 Å². The molecule has 17 heavy (non-hydrogen) atoms. The van der Waals surface area contributed by atoms with Gasteiger partial charge in [0.2, 0.25) is 0 Å². The maximum Gasteiger partial charge on any atom is 0.446 e. The smallest absolute Gasteiger partial charge is 0.294 e. The first-order chi connectivity index (χ1) is 7.83. The summed E-state index contributed by atoms with van der Waals surface area (Å²) in [5.74, 6) is -0.269. The Morgan fingerprint density at radius 1 is 1.41 bits per heavy atom. The minimum atomic E-state index is -4.40. The first-order valence-electron chi connectivity index (χ1n) is 4.79. The van der Waals surface area contributed by atoms with Gasteiger partial charge in [0.25, 0.3) is 0 Å². The van der Waals surface area contributed by atoms with Gasteiger partial charge in [0.15, 0.2) is 5.78 Å². The molecule has 0 spiro atoms. The van der Waals surface area contributed by atoms with E-state index in [-0.39, 0.29) is 40.3 Å². The molecule has 0 saturated heterocycles. The van der Waals surface area contributed by atoms with Gasteiger partial charge in [0, 0.05) is 22.8 Å². The van der Waals surface area contributed by atoms with E-state index in [0.29, 0.717) is 5.56 Å². The molecular weight excluding hydrogens is 273 g/mol. The van der Waals surface area contributed by atoms with E-state index in [0.717, 1.165) is 0 Å². The number of alkyl halides is 4. The van der Waals surface area contributed by atoms with Crippen LogP contribution in [0.1, 0.15) is 22.3 Å². The van der Waals surface area contributed by atoms with E-state index in [1.54, 1.807) is 13.0 Å². The first-order valence-corrected chi connectivity index (χ1v) is 6.14. The molecule has 0 aromatic heterocycles. The van der Waals surface area contributed by atoms with Crippen molar-refractivity contribution in [3.05, 3.63) is 29.3 Å². The quantitative estimate of drug-likeness (QED) is 0.462. The molecule has 0 N–H and O–H groups in total. The van der Waals surface area contributed by atoms with E-state index in [1.165, 1.54) is 12.1 Å². The van der Waals surface area contributed by atoms with Crippen LogP contribution in [0.15, 0.2) is 23.1 Å². The van der Waals surface area contributed by atoms with Gasteiger partial charge in [0.1, 0.15) is 0 Å². The van der Waals surface area contributed by atoms with E-state index in [1.807, 2.05) is 0 Å². The molecule has 0 unspecified atom stereocenters. The highest BCUT2D eigenvalue weighted by atomic mass is 35.5. The number of hydrogen-bond acceptors (Lipinski definition) is 2. The van der Waals surface area contributed by atoms with Gasteiger partial charge in [0.05, 0.1) is 0 Å². The number of thioether (sulfide) groups is 1. The molecule has 0 saturated carbocycles.